The van der Waals surface area contributed by atoms with Crippen molar-refractivity contribution in [2.75, 3.05) is 0 Å². The summed E-state index contributed by atoms with van der Waals surface area (Å²) in [7, 11) is 0. The number of benzene rings is 2. The third-order valence-electron chi connectivity index (χ3n) is 5.80. The summed E-state index contributed by atoms with van der Waals surface area (Å²) in [5.41, 5.74) is 1.84. The van der Waals surface area contributed by atoms with Gasteiger partial charge in [-0.15, -0.1) is 0 Å². The predicted octanol–water partition coefficient (Wildman–Crippen LogP) is 3.93. The number of hydrogen-bond donors (Lipinski definition) is 2. The lowest BCUT2D eigenvalue weighted by molar-refractivity contribution is -0.140. The zero-order chi connectivity index (χ0) is 22.4. The van der Waals surface area contributed by atoms with Crippen molar-refractivity contribution in [1.29, 1.82) is 0 Å². The van der Waals surface area contributed by atoms with Crippen molar-refractivity contribution in [2.45, 2.75) is 32.0 Å². The highest BCUT2D eigenvalue weighted by Gasteiger charge is 2.46. The largest absolute Gasteiger partial charge is 0.508 e. The van der Waals surface area contributed by atoms with Gasteiger partial charge in [0.25, 0.3) is 11.7 Å². The highest BCUT2D eigenvalue weighted by Crippen LogP contribution is 2.42. The maximum absolute atomic E-state index is 13.1. The van der Waals surface area contributed by atoms with Crippen molar-refractivity contribution in [1.82, 2.24) is 4.90 Å². The second-order valence-electron chi connectivity index (χ2n) is 8.06. The molecule has 0 aliphatic carbocycles. The zero-order valence-corrected chi connectivity index (χ0v) is 17.3. The van der Waals surface area contributed by atoms with Gasteiger partial charge in [0.1, 0.15) is 29.1 Å². The SMILES string of the molecule is C[C@H]1Cc2cc(/C(O)=C3\C(=O)C(=O)N(Cc4ccco4)[C@@H]3c3cccc(O)c3)ccc2O1. The first-order valence-electron chi connectivity index (χ1n) is 10.3. The number of ether oxygens (including phenoxy) is 1. The predicted molar refractivity (Wildman–Crippen MR) is 115 cm³/mol. The fourth-order valence-corrected chi connectivity index (χ4v) is 4.38. The number of furan rings is 1. The molecule has 2 aliphatic heterocycles. The Labute approximate surface area is 184 Å². The molecule has 7 nitrogen and oxygen atoms in total. The van der Waals surface area contributed by atoms with Crippen molar-refractivity contribution in [3.63, 3.8) is 0 Å². The topological polar surface area (TPSA) is 100 Å². The van der Waals surface area contributed by atoms with Crippen LogP contribution in [0.15, 0.2) is 70.9 Å². The van der Waals surface area contributed by atoms with Crippen LogP contribution in [0.2, 0.25) is 0 Å². The number of rotatable bonds is 4. The Morgan fingerprint density at radius 2 is 1.97 bits per heavy atom. The number of amides is 1. The molecule has 2 aromatic carbocycles. The maximum atomic E-state index is 13.1. The van der Waals surface area contributed by atoms with Gasteiger partial charge in [0.15, 0.2) is 0 Å². The van der Waals surface area contributed by atoms with Gasteiger partial charge in [-0.2, -0.15) is 0 Å². The molecule has 2 N–H and O–H groups in total. The quantitative estimate of drug-likeness (QED) is 0.369. The van der Waals surface area contributed by atoms with Gasteiger partial charge in [0.05, 0.1) is 24.4 Å². The molecule has 2 atom stereocenters. The van der Waals surface area contributed by atoms with Crippen molar-refractivity contribution >= 4 is 17.4 Å². The smallest absolute Gasteiger partial charge is 0.296 e. The molecular weight excluding hydrogens is 410 g/mol. The number of phenols is 1. The first-order chi connectivity index (χ1) is 15.4. The monoisotopic (exact) mass is 431 g/mol. The highest BCUT2D eigenvalue weighted by atomic mass is 16.5. The van der Waals surface area contributed by atoms with Crippen LogP contribution in [0.5, 0.6) is 11.5 Å². The molecule has 32 heavy (non-hydrogen) atoms. The van der Waals surface area contributed by atoms with Gasteiger partial charge in [0, 0.05) is 12.0 Å². The second kappa shape index (κ2) is 7.60. The third kappa shape index (κ3) is 3.32. The molecule has 1 aromatic heterocycles. The van der Waals surface area contributed by atoms with Crippen molar-refractivity contribution in [2.24, 2.45) is 0 Å². The Hall–Kier alpha value is -4.00. The summed E-state index contributed by atoms with van der Waals surface area (Å²) in [6.45, 7) is 2.01. The average Bonchev–Trinajstić information content (AvgIpc) is 3.47. The van der Waals surface area contributed by atoms with Gasteiger partial charge in [-0.3, -0.25) is 9.59 Å². The number of ketones is 1. The van der Waals surface area contributed by atoms with Gasteiger partial charge in [-0.1, -0.05) is 12.1 Å². The lowest BCUT2D eigenvalue weighted by atomic mass is 9.94. The van der Waals surface area contributed by atoms with E-state index >= 15 is 0 Å². The second-order valence-corrected chi connectivity index (χ2v) is 8.06. The van der Waals surface area contributed by atoms with E-state index in [0.29, 0.717) is 23.3 Å². The fraction of sp³-hybridized carbons (Fsp3) is 0.200. The van der Waals surface area contributed by atoms with Gasteiger partial charge < -0.3 is 24.3 Å². The van der Waals surface area contributed by atoms with E-state index in [4.69, 9.17) is 9.15 Å². The van der Waals surface area contributed by atoms with Crippen molar-refractivity contribution in [3.05, 3.63) is 88.9 Å². The average molecular weight is 431 g/mol. The van der Waals surface area contributed by atoms with Crippen LogP contribution in [0, 0.1) is 0 Å². The molecule has 3 heterocycles. The van der Waals surface area contributed by atoms with Gasteiger partial charge in [0.2, 0.25) is 0 Å². The molecule has 5 rings (SSSR count). The van der Waals surface area contributed by atoms with Crippen LogP contribution in [-0.4, -0.2) is 32.9 Å². The van der Waals surface area contributed by atoms with Crippen molar-refractivity contribution < 1.29 is 29.0 Å². The van der Waals surface area contributed by atoms with E-state index in [2.05, 4.69) is 0 Å². The van der Waals surface area contributed by atoms with E-state index in [9.17, 15) is 19.8 Å². The van der Waals surface area contributed by atoms with Crippen LogP contribution in [-0.2, 0) is 22.6 Å². The Balaban J connectivity index is 1.64. The molecule has 1 amide bonds. The number of aliphatic hydroxyl groups is 1. The number of phenolic OH excluding ortho intramolecular Hbond substituents is 1. The molecule has 0 spiro atoms. The van der Waals surface area contributed by atoms with E-state index in [0.717, 1.165) is 11.3 Å². The van der Waals surface area contributed by atoms with E-state index in [1.165, 1.54) is 23.3 Å². The minimum absolute atomic E-state index is 0.00486. The minimum atomic E-state index is -0.879. The summed E-state index contributed by atoms with van der Waals surface area (Å²) in [5.74, 6) is -0.546. The fourth-order valence-electron chi connectivity index (χ4n) is 4.38. The number of likely N-dealkylation sites (tertiary alicyclic amines) is 1. The first-order valence-corrected chi connectivity index (χ1v) is 10.3. The summed E-state index contributed by atoms with van der Waals surface area (Å²) < 4.78 is 11.1. The molecule has 7 heteroatoms. The molecule has 1 saturated heterocycles. The number of carbonyl (C=O) groups excluding carboxylic acids is 2. The van der Waals surface area contributed by atoms with Crippen molar-refractivity contribution in [3.8, 4) is 11.5 Å². The van der Waals surface area contributed by atoms with E-state index in [-0.39, 0.29) is 29.7 Å². The molecule has 0 bridgehead atoms. The molecular formula is C25H21NO6. The number of aromatic hydroxyl groups is 1. The number of nitrogens with zero attached hydrogens (tertiary/aromatic N) is 1. The molecule has 1 fully saturated rings. The van der Waals surface area contributed by atoms with Gasteiger partial charge in [-0.05, 0) is 60.5 Å². The zero-order valence-electron chi connectivity index (χ0n) is 17.3. The minimum Gasteiger partial charge on any atom is -0.508 e. The Morgan fingerprint density at radius 1 is 1.12 bits per heavy atom. The first kappa shape index (κ1) is 19.9. The van der Waals surface area contributed by atoms with Crippen LogP contribution in [0.4, 0.5) is 0 Å². The maximum Gasteiger partial charge on any atom is 0.296 e. The molecule has 2 aliphatic rings. The molecule has 3 aromatic rings. The number of Topliss-reactive ketones (excluding diaryl/α,β-unsaturated/α-hetero) is 1. The summed E-state index contributed by atoms with van der Waals surface area (Å²) in [6, 6.07) is 14.1. The van der Waals surface area contributed by atoms with Crippen LogP contribution in [0.25, 0.3) is 5.76 Å². The number of aliphatic hydroxyl groups excluding tert-OH is 1. The Bertz CT molecular complexity index is 1240. The summed E-state index contributed by atoms with van der Waals surface area (Å²) in [6.07, 6.45) is 2.22. The molecule has 162 valence electrons. The highest BCUT2D eigenvalue weighted by molar-refractivity contribution is 6.46. The van der Waals surface area contributed by atoms with E-state index in [1.807, 2.05) is 6.92 Å². The normalized spacial score (nSPS) is 21.6. The lowest BCUT2D eigenvalue weighted by Gasteiger charge is -2.24. The molecule has 0 unspecified atom stereocenters. The van der Waals surface area contributed by atoms with Gasteiger partial charge in [-0.25, -0.2) is 0 Å². The Morgan fingerprint density at radius 3 is 2.72 bits per heavy atom. The lowest BCUT2D eigenvalue weighted by Crippen LogP contribution is -2.29. The molecule has 0 saturated carbocycles. The van der Waals surface area contributed by atoms with E-state index < -0.39 is 17.7 Å². The van der Waals surface area contributed by atoms with Crippen LogP contribution < -0.4 is 4.74 Å². The van der Waals surface area contributed by atoms with Crippen LogP contribution in [0.1, 0.15) is 35.4 Å². The summed E-state index contributed by atoms with van der Waals surface area (Å²) in [4.78, 5) is 27.4. The van der Waals surface area contributed by atoms with Crippen LogP contribution >= 0.6 is 0 Å². The molecule has 0 radical (unpaired) electrons. The van der Waals surface area contributed by atoms with Crippen LogP contribution in [0.3, 0.4) is 0 Å². The standard InChI is InChI=1S/C25H21NO6/c1-14-10-17-11-16(7-8-20(17)32-14)23(28)21-22(15-4-2-5-18(27)12-15)26(25(30)24(21)29)13-19-6-3-9-31-19/h2-9,11-12,14,22,27-28H,10,13H2,1H3/b23-21+/t14-,22+/m0/s1. The van der Waals surface area contributed by atoms with E-state index in [1.54, 1.807) is 42.5 Å². The number of carbonyl (C=O) groups is 2. The van der Waals surface area contributed by atoms with Gasteiger partial charge >= 0.3 is 0 Å². The number of hydrogen-bond acceptors (Lipinski definition) is 6. The third-order valence-corrected chi connectivity index (χ3v) is 5.80. The Kier molecular flexibility index (Phi) is 4.74. The summed E-state index contributed by atoms with van der Waals surface area (Å²) in [5, 5.41) is 21.2. The number of fused-ring (bicyclic) bond motifs is 1. The summed E-state index contributed by atoms with van der Waals surface area (Å²) >= 11 is 0.